The number of ether oxygens (including phenoxy) is 1. The van der Waals surface area contributed by atoms with Crippen LogP contribution in [0.1, 0.15) is 39.0 Å². The summed E-state index contributed by atoms with van der Waals surface area (Å²) in [5.41, 5.74) is 0.497. The number of carboxylic acids is 1. The molecule has 16 heavy (non-hydrogen) atoms. The van der Waals surface area contributed by atoms with Gasteiger partial charge in [-0.1, -0.05) is 26.0 Å². The van der Waals surface area contributed by atoms with Crippen LogP contribution < -0.4 is 0 Å². The summed E-state index contributed by atoms with van der Waals surface area (Å²) in [5.74, 6) is 0.110. The van der Waals surface area contributed by atoms with Gasteiger partial charge in [-0.15, -0.1) is 0 Å². The normalized spacial score (nSPS) is 20.1. The van der Waals surface area contributed by atoms with E-state index >= 15 is 0 Å². The van der Waals surface area contributed by atoms with Crippen molar-refractivity contribution in [2.75, 3.05) is 6.61 Å². The molecule has 0 fully saturated rings. The standard InChI is InChI=1S/C13H20O3/c1-3-4-8-16-10(2)11-6-5-7-12(9-11)13(14)15/h7,11H,2-6,8-9H2,1H3,(H,14,15). The predicted molar refractivity (Wildman–Crippen MR) is 63.1 cm³/mol. The van der Waals surface area contributed by atoms with Crippen molar-refractivity contribution in [1.82, 2.24) is 0 Å². The van der Waals surface area contributed by atoms with Gasteiger partial charge in [0.25, 0.3) is 0 Å². The van der Waals surface area contributed by atoms with Crippen molar-refractivity contribution in [2.45, 2.75) is 39.0 Å². The summed E-state index contributed by atoms with van der Waals surface area (Å²) < 4.78 is 5.54. The largest absolute Gasteiger partial charge is 0.498 e. The second-order valence-corrected chi connectivity index (χ2v) is 4.18. The van der Waals surface area contributed by atoms with Crippen molar-refractivity contribution >= 4 is 5.97 Å². The molecular weight excluding hydrogens is 204 g/mol. The maximum Gasteiger partial charge on any atom is 0.331 e. The Morgan fingerprint density at radius 3 is 3.06 bits per heavy atom. The van der Waals surface area contributed by atoms with Gasteiger partial charge in [0.2, 0.25) is 0 Å². The van der Waals surface area contributed by atoms with Crippen molar-refractivity contribution in [3.8, 4) is 0 Å². The van der Waals surface area contributed by atoms with E-state index in [0.29, 0.717) is 18.6 Å². The molecule has 0 bridgehead atoms. The first-order valence-corrected chi connectivity index (χ1v) is 5.89. The predicted octanol–water partition coefficient (Wildman–Crippen LogP) is 3.13. The maximum absolute atomic E-state index is 10.8. The third-order valence-corrected chi connectivity index (χ3v) is 2.89. The van der Waals surface area contributed by atoms with Crippen molar-refractivity contribution in [2.24, 2.45) is 5.92 Å². The Kier molecular flexibility index (Phi) is 5.09. The molecule has 1 atom stereocenters. The van der Waals surface area contributed by atoms with Crippen LogP contribution in [0.3, 0.4) is 0 Å². The Morgan fingerprint density at radius 2 is 2.44 bits per heavy atom. The molecule has 1 N–H and O–H groups in total. The molecule has 0 heterocycles. The van der Waals surface area contributed by atoms with Crippen molar-refractivity contribution in [3.05, 3.63) is 24.0 Å². The van der Waals surface area contributed by atoms with Gasteiger partial charge in [0.15, 0.2) is 0 Å². The van der Waals surface area contributed by atoms with E-state index in [-0.39, 0.29) is 5.92 Å². The maximum atomic E-state index is 10.8. The molecule has 0 saturated heterocycles. The van der Waals surface area contributed by atoms with Crippen LogP contribution in [0, 0.1) is 5.92 Å². The molecule has 0 spiro atoms. The first-order valence-electron chi connectivity index (χ1n) is 5.89. The van der Waals surface area contributed by atoms with Gasteiger partial charge in [-0.2, -0.15) is 0 Å². The van der Waals surface area contributed by atoms with Gasteiger partial charge in [0, 0.05) is 11.5 Å². The minimum absolute atomic E-state index is 0.174. The van der Waals surface area contributed by atoms with Crippen LogP contribution in [0.5, 0.6) is 0 Å². The first-order chi connectivity index (χ1) is 7.65. The zero-order valence-corrected chi connectivity index (χ0v) is 9.87. The molecule has 1 aliphatic rings. The average Bonchev–Trinajstić information content (AvgIpc) is 2.29. The summed E-state index contributed by atoms with van der Waals surface area (Å²) >= 11 is 0. The topological polar surface area (TPSA) is 46.5 Å². The van der Waals surface area contributed by atoms with Crippen LogP contribution in [-0.4, -0.2) is 17.7 Å². The fourth-order valence-electron chi connectivity index (χ4n) is 1.82. The molecule has 0 aromatic carbocycles. The molecule has 0 amide bonds. The van der Waals surface area contributed by atoms with Crippen LogP contribution >= 0.6 is 0 Å². The highest BCUT2D eigenvalue weighted by atomic mass is 16.5. The van der Waals surface area contributed by atoms with Crippen molar-refractivity contribution in [1.29, 1.82) is 0 Å². The highest BCUT2D eigenvalue weighted by Gasteiger charge is 2.22. The summed E-state index contributed by atoms with van der Waals surface area (Å²) in [6.45, 7) is 6.70. The molecular formula is C13H20O3. The Labute approximate surface area is 96.8 Å². The van der Waals surface area contributed by atoms with Crippen LogP contribution in [0.4, 0.5) is 0 Å². The lowest BCUT2D eigenvalue weighted by molar-refractivity contribution is -0.133. The molecule has 0 aliphatic heterocycles. The molecule has 1 rings (SSSR count). The number of carboxylic acid groups (broad SMARTS) is 1. The van der Waals surface area contributed by atoms with Crippen LogP contribution in [0.2, 0.25) is 0 Å². The Balaban J connectivity index is 2.41. The lowest BCUT2D eigenvalue weighted by Gasteiger charge is -2.23. The highest BCUT2D eigenvalue weighted by molar-refractivity contribution is 5.86. The minimum Gasteiger partial charge on any atom is -0.498 e. The van der Waals surface area contributed by atoms with Gasteiger partial charge in [-0.25, -0.2) is 4.79 Å². The van der Waals surface area contributed by atoms with Crippen molar-refractivity contribution < 1.29 is 14.6 Å². The SMILES string of the molecule is C=C(OCCCC)C1CCC=C(C(=O)O)C1. The smallest absolute Gasteiger partial charge is 0.331 e. The molecule has 90 valence electrons. The van der Waals surface area contributed by atoms with Crippen LogP contribution in [0.25, 0.3) is 0 Å². The Hall–Kier alpha value is -1.25. The first kappa shape index (κ1) is 12.8. The van der Waals surface area contributed by atoms with E-state index in [1.54, 1.807) is 6.08 Å². The van der Waals surface area contributed by atoms with E-state index < -0.39 is 5.97 Å². The monoisotopic (exact) mass is 224 g/mol. The van der Waals surface area contributed by atoms with Crippen LogP contribution in [-0.2, 0) is 9.53 Å². The van der Waals surface area contributed by atoms with E-state index in [0.717, 1.165) is 31.4 Å². The lowest BCUT2D eigenvalue weighted by atomic mass is 9.88. The Bertz CT molecular complexity index is 292. The minimum atomic E-state index is -0.814. The molecule has 0 saturated carbocycles. The second kappa shape index (κ2) is 6.36. The van der Waals surface area contributed by atoms with Gasteiger partial charge < -0.3 is 9.84 Å². The number of aliphatic carboxylic acids is 1. The number of unbranched alkanes of at least 4 members (excludes halogenated alkanes) is 1. The second-order valence-electron chi connectivity index (χ2n) is 4.18. The number of rotatable bonds is 6. The molecule has 3 heteroatoms. The third-order valence-electron chi connectivity index (χ3n) is 2.89. The number of allylic oxidation sites excluding steroid dienone is 2. The summed E-state index contributed by atoms with van der Waals surface area (Å²) in [7, 11) is 0. The lowest BCUT2D eigenvalue weighted by Crippen LogP contribution is -2.15. The summed E-state index contributed by atoms with van der Waals surface area (Å²) in [4.78, 5) is 10.8. The summed E-state index contributed by atoms with van der Waals surface area (Å²) in [6, 6.07) is 0. The number of carbonyl (C=O) groups is 1. The molecule has 0 radical (unpaired) electrons. The Morgan fingerprint density at radius 1 is 1.69 bits per heavy atom. The molecule has 0 aromatic rings. The van der Waals surface area contributed by atoms with E-state index in [9.17, 15) is 4.79 Å². The van der Waals surface area contributed by atoms with Crippen LogP contribution in [0.15, 0.2) is 24.0 Å². The number of hydrogen-bond acceptors (Lipinski definition) is 2. The van der Waals surface area contributed by atoms with Gasteiger partial charge in [-0.05, 0) is 25.7 Å². The van der Waals surface area contributed by atoms with Gasteiger partial charge >= 0.3 is 5.97 Å². The molecule has 1 unspecified atom stereocenters. The van der Waals surface area contributed by atoms with Gasteiger partial charge in [0.05, 0.1) is 12.4 Å². The summed E-state index contributed by atoms with van der Waals surface area (Å²) in [5, 5.41) is 8.91. The molecule has 0 aromatic heterocycles. The van der Waals surface area contributed by atoms with Gasteiger partial charge in [0.1, 0.15) is 0 Å². The number of hydrogen-bond donors (Lipinski definition) is 1. The molecule has 1 aliphatic carbocycles. The zero-order valence-electron chi connectivity index (χ0n) is 9.87. The molecule has 3 nitrogen and oxygen atoms in total. The fourth-order valence-corrected chi connectivity index (χ4v) is 1.82. The quantitative estimate of drug-likeness (QED) is 0.557. The average molecular weight is 224 g/mol. The zero-order chi connectivity index (χ0) is 12.0. The fraction of sp³-hybridized carbons (Fsp3) is 0.615. The highest BCUT2D eigenvalue weighted by Crippen LogP contribution is 2.29. The van der Waals surface area contributed by atoms with Gasteiger partial charge in [-0.3, -0.25) is 0 Å². The van der Waals surface area contributed by atoms with E-state index in [4.69, 9.17) is 9.84 Å². The van der Waals surface area contributed by atoms with E-state index in [1.807, 2.05) is 0 Å². The van der Waals surface area contributed by atoms with Crippen molar-refractivity contribution in [3.63, 3.8) is 0 Å². The van der Waals surface area contributed by atoms with E-state index in [2.05, 4.69) is 13.5 Å². The third kappa shape index (κ3) is 3.72. The van der Waals surface area contributed by atoms with E-state index in [1.165, 1.54) is 0 Å². The summed E-state index contributed by atoms with van der Waals surface area (Å²) in [6.07, 6.45) is 6.23.